The zero-order chi connectivity index (χ0) is 24.3. The average molecular weight is 436 g/mol. The summed E-state index contributed by atoms with van der Waals surface area (Å²) in [4.78, 5) is 38.6. The van der Waals surface area contributed by atoms with Crippen molar-refractivity contribution < 1.29 is 32.7 Å². The molecule has 0 saturated heterocycles. The molecule has 2 rings (SSSR count). The fourth-order valence-electron chi connectivity index (χ4n) is 4.00. The Bertz CT molecular complexity index is 1030. The van der Waals surface area contributed by atoms with E-state index in [-0.39, 0.29) is 16.7 Å². The minimum atomic E-state index is -4.63. The molecular formula is C24H27F3O4. The van der Waals surface area contributed by atoms with Gasteiger partial charge in [0.1, 0.15) is 11.3 Å². The summed E-state index contributed by atoms with van der Waals surface area (Å²) < 4.78 is 41.0. The highest BCUT2D eigenvalue weighted by molar-refractivity contribution is 6.40. The maximum Gasteiger partial charge on any atom is 0.417 e. The Hall–Kier alpha value is -2.70. The zero-order valence-corrected chi connectivity index (χ0v) is 19.0. The number of aliphatic hydroxyl groups is 1. The monoisotopic (exact) mass is 436 g/mol. The van der Waals surface area contributed by atoms with Crippen LogP contribution < -0.4 is 0 Å². The quantitative estimate of drug-likeness (QED) is 0.272. The van der Waals surface area contributed by atoms with Crippen LogP contribution in [-0.4, -0.2) is 22.5 Å². The van der Waals surface area contributed by atoms with Crippen LogP contribution >= 0.6 is 0 Å². The average Bonchev–Trinajstić information content (AvgIpc) is 2.64. The number of benzene rings is 1. The summed E-state index contributed by atoms with van der Waals surface area (Å²) in [6, 6.07) is 1.89. The van der Waals surface area contributed by atoms with Gasteiger partial charge in [-0.1, -0.05) is 11.6 Å². The number of ketones is 3. The lowest BCUT2D eigenvalue weighted by molar-refractivity contribution is -0.151. The normalized spacial score (nSPS) is 18.3. The number of carbonyl (C=O) groups excluding carboxylic acids is 3. The van der Waals surface area contributed by atoms with E-state index in [2.05, 4.69) is 0 Å². The number of aliphatic hydroxyl groups excluding tert-OH is 1. The van der Waals surface area contributed by atoms with Crippen LogP contribution in [0.25, 0.3) is 11.3 Å². The molecule has 1 aliphatic rings. The third kappa shape index (κ3) is 3.75. The van der Waals surface area contributed by atoms with Crippen LogP contribution in [0.15, 0.2) is 23.3 Å². The van der Waals surface area contributed by atoms with Crippen LogP contribution in [0.2, 0.25) is 0 Å². The molecule has 0 spiro atoms. The minimum absolute atomic E-state index is 0.0544. The van der Waals surface area contributed by atoms with Crippen LogP contribution in [0, 0.1) is 17.8 Å². The molecule has 168 valence electrons. The summed E-state index contributed by atoms with van der Waals surface area (Å²) >= 11 is 0. The molecule has 1 saturated carbocycles. The molecule has 4 nitrogen and oxygen atoms in total. The second-order valence-corrected chi connectivity index (χ2v) is 9.24. The van der Waals surface area contributed by atoms with Gasteiger partial charge in [-0.25, -0.2) is 0 Å². The van der Waals surface area contributed by atoms with Crippen molar-refractivity contribution in [2.45, 2.75) is 61.6 Å². The molecular weight excluding hydrogens is 409 g/mol. The van der Waals surface area contributed by atoms with E-state index >= 15 is 0 Å². The van der Waals surface area contributed by atoms with Gasteiger partial charge in [0, 0.05) is 5.56 Å². The summed E-state index contributed by atoms with van der Waals surface area (Å²) in [5.74, 6) is -2.98. The molecule has 7 heteroatoms. The largest absolute Gasteiger partial charge is 0.506 e. The minimum Gasteiger partial charge on any atom is -0.506 e. The molecule has 0 radical (unpaired) electrons. The van der Waals surface area contributed by atoms with Gasteiger partial charge in [0.15, 0.2) is 17.3 Å². The van der Waals surface area contributed by atoms with E-state index in [9.17, 15) is 32.7 Å². The Morgan fingerprint density at radius 1 is 0.903 bits per heavy atom. The van der Waals surface area contributed by atoms with E-state index in [4.69, 9.17) is 0 Å². The van der Waals surface area contributed by atoms with Gasteiger partial charge in [-0.3, -0.25) is 14.4 Å². The summed E-state index contributed by atoms with van der Waals surface area (Å²) in [6.45, 7) is 11.8. The van der Waals surface area contributed by atoms with Crippen LogP contribution in [0.1, 0.15) is 70.7 Å². The first-order valence-corrected chi connectivity index (χ1v) is 9.81. The van der Waals surface area contributed by atoms with Gasteiger partial charge >= 0.3 is 6.18 Å². The van der Waals surface area contributed by atoms with Gasteiger partial charge in [-0.2, -0.15) is 13.2 Å². The molecule has 0 heterocycles. The van der Waals surface area contributed by atoms with Gasteiger partial charge in [0.25, 0.3) is 0 Å². The van der Waals surface area contributed by atoms with Crippen LogP contribution in [0.5, 0.6) is 0 Å². The molecule has 0 aromatic heterocycles. The zero-order valence-electron chi connectivity index (χ0n) is 19.0. The highest BCUT2D eigenvalue weighted by atomic mass is 19.4. The molecule has 1 aliphatic carbocycles. The molecule has 0 atom stereocenters. The first-order chi connectivity index (χ1) is 13.9. The molecule has 1 aromatic rings. The van der Waals surface area contributed by atoms with Crippen molar-refractivity contribution in [3.05, 3.63) is 45.5 Å². The highest BCUT2D eigenvalue weighted by Gasteiger charge is 2.56. The molecule has 0 unspecified atom stereocenters. The Morgan fingerprint density at radius 2 is 1.35 bits per heavy atom. The number of Topliss-reactive ketones (excluding diaryl/α,β-unsaturated/α-hetero) is 3. The van der Waals surface area contributed by atoms with E-state index < -0.39 is 51.3 Å². The van der Waals surface area contributed by atoms with Crippen molar-refractivity contribution >= 4 is 28.7 Å². The fourth-order valence-corrected chi connectivity index (χ4v) is 4.00. The molecule has 0 aliphatic heterocycles. The predicted molar refractivity (Wildman–Crippen MR) is 112 cm³/mol. The summed E-state index contributed by atoms with van der Waals surface area (Å²) in [5.41, 5.74) is -3.59. The third-order valence-corrected chi connectivity index (χ3v) is 6.11. The smallest absolute Gasteiger partial charge is 0.417 e. The SMILES string of the molecule is CC(C)=C(C)c1c(C(F)(F)F)ccc(C(O)=C2C(=O)C(C)(C)C(=O)C(C)(C)C2=O)c1C. The summed E-state index contributed by atoms with van der Waals surface area (Å²) in [5, 5.41) is 11.0. The Kier molecular flexibility index (Phi) is 5.91. The first-order valence-electron chi connectivity index (χ1n) is 9.81. The number of allylic oxidation sites excluding steroid dienone is 3. The van der Waals surface area contributed by atoms with E-state index in [1.165, 1.54) is 34.6 Å². The van der Waals surface area contributed by atoms with Crippen molar-refractivity contribution in [2.24, 2.45) is 10.8 Å². The third-order valence-electron chi connectivity index (χ3n) is 6.11. The van der Waals surface area contributed by atoms with Gasteiger partial charge in [-0.15, -0.1) is 0 Å². The highest BCUT2D eigenvalue weighted by Crippen LogP contribution is 2.44. The standard InChI is InChI=1S/C24H27F3O4/c1-11(2)12(3)16-13(4)14(9-10-15(16)24(25,26)27)18(28)17-19(29)22(5,6)21(31)23(7,8)20(17)30/h9-10,28H,1-8H3. The second-order valence-electron chi connectivity index (χ2n) is 9.24. The lowest BCUT2D eigenvalue weighted by Gasteiger charge is -2.37. The van der Waals surface area contributed by atoms with Gasteiger partial charge in [0.05, 0.1) is 16.4 Å². The molecule has 0 amide bonds. The second kappa shape index (κ2) is 7.46. The number of hydrogen-bond acceptors (Lipinski definition) is 4. The molecule has 1 aromatic carbocycles. The molecule has 0 bridgehead atoms. The maximum atomic E-state index is 13.7. The van der Waals surface area contributed by atoms with E-state index in [1.807, 2.05) is 0 Å². The maximum absolute atomic E-state index is 13.7. The van der Waals surface area contributed by atoms with Crippen LogP contribution in [0.4, 0.5) is 13.2 Å². The van der Waals surface area contributed by atoms with Gasteiger partial charge in [-0.05, 0) is 78.2 Å². The summed E-state index contributed by atoms with van der Waals surface area (Å²) in [6.07, 6.45) is -4.63. The Balaban J connectivity index is 2.94. The number of hydrogen-bond donors (Lipinski definition) is 1. The first kappa shape index (κ1) is 24.6. The Morgan fingerprint density at radius 3 is 1.74 bits per heavy atom. The lowest BCUT2D eigenvalue weighted by atomic mass is 9.60. The predicted octanol–water partition coefficient (Wildman–Crippen LogP) is 5.87. The van der Waals surface area contributed by atoms with Crippen molar-refractivity contribution in [3.63, 3.8) is 0 Å². The van der Waals surface area contributed by atoms with Crippen LogP contribution in [-0.2, 0) is 20.6 Å². The topological polar surface area (TPSA) is 71.4 Å². The Labute approximate surface area is 179 Å². The van der Waals surface area contributed by atoms with E-state index in [1.54, 1.807) is 20.8 Å². The number of carbonyl (C=O) groups is 3. The molecule has 1 fully saturated rings. The summed E-state index contributed by atoms with van der Waals surface area (Å²) in [7, 11) is 0. The number of rotatable bonds is 2. The van der Waals surface area contributed by atoms with E-state index in [0.29, 0.717) is 11.1 Å². The fraction of sp³-hybridized carbons (Fsp3) is 0.458. The lowest BCUT2D eigenvalue weighted by Crippen LogP contribution is -2.54. The number of alkyl halides is 3. The van der Waals surface area contributed by atoms with Gasteiger partial charge in [0.2, 0.25) is 0 Å². The molecule has 31 heavy (non-hydrogen) atoms. The van der Waals surface area contributed by atoms with Crippen molar-refractivity contribution in [1.29, 1.82) is 0 Å². The van der Waals surface area contributed by atoms with E-state index in [0.717, 1.165) is 12.1 Å². The van der Waals surface area contributed by atoms with Crippen molar-refractivity contribution in [2.75, 3.05) is 0 Å². The number of halogens is 3. The van der Waals surface area contributed by atoms with Crippen molar-refractivity contribution in [3.8, 4) is 0 Å². The van der Waals surface area contributed by atoms with Crippen LogP contribution in [0.3, 0.4) is 0 Å². The van der Waals surface area contributed by atoms with Gasteiger partial charge < -0.3 is 5.11 Å². The molecule has 1 N–H and O–H groups in total. The van der Waals surface area contributed by atoms with Crippen molar-refractivity contribution in [1.82, 2.24) is 0 Å².